The molecule has 0 saturated carbocycles. The van der Waals surface area contributed by atoms with Gasteiger partial charge in [0.2, 0.25) is 0 Å². The second kappa shape index (κ2) is 5.71. The zero-order valence-electron chi connectivity index (χ0n) is 10.2. The molecule has 1 aliphatic rings. The van der Waals surface area contributed by atoms with Gasteiger partial charge < -0.3 is 14.3 Å². The van der Waals surface area contributed by atoms with Crippen LogP contribution in [-0.4, -0.2) is 19.0 Å². The van der Waals surface area contributed by atoms with Crippen LogP contribution in [0, 0.1) is 0 Å². The van der Waals surface area contributed by atoms with Crippen molar-refractivity contribution in [2.45, 2.75) is 32.6 Å². The molecule has 0 aliphatic carbocycles. The molecule has 17 heavy (non-hydrogen) atoms. The Morgan fingerprint density at radius 2 is 1.94 bits per heavy atom. The molecule has 2 rings (SSSR count). The summed E-state index contributed by atoms with van der Waals surface area (Å²) in [5, 5.41) is 0. The Balaban J connectivity index is 1.86. The van der Waals surface area contributed by atoms with Gasteiger partial charge in [-0.15, -0.1) is 0 Å². The van der Waals surface area contributed by atoms with Gasteiger partial charge in [-0.25, -0.2) is 0 Å². The van der Waals surface area contributed by atoms with Crippen molar-refractivity contribution in [1.29, 1.82) is 0 Å². The van der Waals surface area contributed by atoms with E-state index in [1.54, 1.807) is 6.92 Å². The van der Waals surface area contributed by atoms with Gasteiger partial charge in [0.25, 0.3) is 0 Å². The number of ketones is 1. The number of Topliss-reactive ketones (excluding diaryl/α,β-unsaturated/α-hetero) is 1. The first kappa shape index (κ1) is 12.0. The summed E-state index contributed by atoms with van der Waals surface area (Å²) < 4.78 is 11.0. The van der Waals surface area contributed by atoms with Gasteiger partial charge in [0, 0.05) is 6.42 Å². The van der Waals surface area contributed by atoms with Crippen molar-refractivity contribution in [3.63, 3.8) is 0 Å². The average molecular weight is 234 g/mol. The van der Waals surface area contributed by atoms with Crippen LogP contribution < -0.4 is 9.47 Å². The van der Waals surface area contributed by atoms with Gasteiger partial charge in [-0.2, -0.15) is 0 Å². The molecule has 0 N–H and O–H groups in total. The number of carbonyl (C=O) groups excluding carboxylic acids is 1. The van der Waals surface area contributed by atoms with E-state index in [1.165, 1.54) is 5.56 Å². The maximum Gasteiger partial charge on any atom is 0.161 e. The summed E-state index contributed by atoms with van der Waals surface area (Å²) in [4.78, 5) is 10.8. The first-order valence-electron chi connectivity index (χ1n) is 6.13. The van der Waals surface area contributed by atoms with Crippen molar-refractivity contribution in [2.75, 3.05) is 13.2 Å². The van der Waals surface area contributed by atoms with E-state index in [-0.39, 0.29) is 5.78 Å². The van der Waals surface area contributed by atoms with Crippen molar-refractivity contribution >= 4 is 5.78 Å². The molecule has 3 nitrogen and oxygen atoms in total. The van der Waals surface area contributed by atoms with E-state index in [2.05, 4.69) is 6.07 Å². The summed E-state index contributed by atoms with van der Waals surface area (Å²) in [6.45, 7) is 2.90. The lowest BCUT2D eigenvalue weighted by molar-refractivity contribution is -0.117. The van der Waals surface area contributed by atoms with Crippen LogP contribution in [-0.2, 0) is 11.2 Å². The van der Waals surface area contributed by atoms with E-state index in [1.807, 2.05) is 12.1 Å². The summed E-state index contributed by atoms with van der Waals surface area (Å²) in [5.74, 6) is 1.95. The number of unbranched alkanes of at least 4 members (excludes halogenated alkanes) is 1. The van der Waals surface area contributed by atoms with Crippen LogP contribution >= 0.6 is 0 Å². The number of ether oxygens (including phenoxy) is 2. The minimum absolute atomic E-state index is 0.271. The SMILES string of the molecule is CC(=O)CCCCc1ccc2c(c1)OCCO2. The third-order valence-corrected chi connectivity index (χ3v) is 2.85. The molecule has 1 aliphatic heterocycles. The van der Waals surface area contributed by atoms with E-state index in [0.29, 0.717) is 19.6 Å². The van der Waals surface area contributed by atoms with Crippen LogP contribution in [0.1, 0.15) is 31.7 Å². The maximum absolute atomic E-state index is 10.8. The van der Waals surface area contributed by atoms with Gasteiger partial charge in [0.15, 0.2) is 11.5 Å². The Hall–Kier alpha value is -1.51. The fraction of sp³-hybridized carbons (Fsp3) is 0.500. The van der Waals surface area contributed by atoms with Crippen molar-refractivity contribution in [3.05, 3.63) is 23.8 Å². The van der Waals surface area contributed by atoms with Crippen LogP contribution in [0.5, 0.6) is 11.5 Å². The molecule has 92 valence electrons. The summed E-state index contributed by atoms with van der Waals surface area (Å²) in [7, 11) is 0. The molecule has 0 aromatic heterocycles. The van der Waals surface area contributed by atoms with Crippen LogP contribution in [0.3, 0.4) is 0 Å². The quantitative estimate of drug-likeness (QED) is 0.735. The van der Waals surface area contributed by atoms with Crippen LogP contribution in [0.15, 0.2) is 18.2 Å². The zero-order valence-corrected chi connectivity index (χ0v) is 10.2. The molecule has 0 fully saturated rings. The van der Waals surface area contributed by atoms with Crippen molar-refractivity contribution in [3.8, 4) is 11.5 Å². The summed E-state index contributed by atoms with van der Waals surface area (Å²) in [6.07, 6.45) is 3.68. The molecular formula is C14H18O3. The lowest BCUT2D eigenvalue weighted by atomic mass is 10.1. The number of fused-ring (bicyclic) bond motifs is 1. The third-order valence-electron chi connectivity index (χ3n) is 2.85. The highest BCUT2D eigenvalue weighted by Crippen LogP contribution is 2.31. The normalized spacial score (nSPS) is 13.5. The highest BCUT2D eigenvalue weighted by atomic mass is 16.6. The van der Waals surface area contributed by atoms with Gasteiger partial charge in [-0.1, -0.05) is 6.07 Å². The minimum Gasteiger partial charge on any atom is -0.486 e. The molecule has 0 atom stereocenters. The zero-order chi connectivity index (χ0) is 12.1. The highest BCUT2D eigenvalue weighted by Gasteiger charge is 2.11. The van der Waals surface area contributed by atoms with Crippen LogP contribution in [0.2, 0.25) is 0 Å². The molecule has 0 amide bonds. The second-order valence-electron chi connectivity index (χ2n) is 4.39. The standard InChI is InChI=1S/C14H18O3/c1-11(15)4-2-3-5-12-6-7-13-14(10-12)17-9-8-16-13/h6-7,10H,2-5,8-9H2,1H3. The van der Waals surface area contributed by atoms with E-state index in [0.717, 1.165) is 30.8 Å². The molecule has 0 saturated heterocycles. The molecule has 3 heteroatoms. The Bertz CT molecular complexity index is 398. The number of rotatable bonds is 5. The molecule has 1 aromatic carbocycles. The molecule has 0 unspecified atom stereocenters. The second-order valence-corrected chi connectivity index (χ2v) is 4.39. The average Bonchev–Trinajstić information content (AvgIpc) is 2.34. The fourth-order valence-corrected chi connectivity index (χ4v) is 1.95. The molecule has 1 heterocycles. The predicted octanol–water partition coefficient (Wildman–Crippen LogP) is 2.76. The fourth-order valence-electron chi connectivity index (χ4n) is 1.95. The molecule has 0 radical (unpaired) electrons. The predicted molar refractivity (Wildman–Crippen MR) is 65.7 cm³/mol. The monoisotopic (exact) mass is 234 g/mol. The van der Waals surface area contributed by atoms with E-state index in [4.69, 9.17) is 9.47 Å². The molecule has 0 bridgehead atoms. The number of aryl methyl sites for hydroxylation is 1. The molecule has 1 aromatic rings. The Labute approximate surface area is 102 Å². The molecular weight excluding hydrogens is 216 g/mol. The molecule has 0 spiro atoms. The third kappa shape index (κ3) is 3.48. The van der Waals surface area contributed by atoms with E-state index < -0.39 is 0 Å². The van der Waals surface area contributed by atoms with Crippen molar-refractivity contribution in [2.24, 2.45) is 0 Å². The van der Waals surface area contributed by atoms with Gasteiger partial charge in [0.05, 0.1) is 0 Å². The lowest BCUT2D eigenvalue weighted by Crippen LogP contribution is -2.15. The van der Waals surface area contributed by atoms with Crippen LogP contribution in [0.4, 0.5) is 0 Å². The first-order chi connectivity index (χ1) is 8.25. The van der Waals surface area contributed by atoms with E-state index in [9.17, 15) is 4.79 Å². The Morgan fingerprint density at radius 1 is 1.18 bits per heavy atom. The summed E-state index contributed by atoms with van der Waals surface area (Å²) >= 11 is 0. The maximum atomic E-state index is 10.8. The smallest absolute Gasteiger partial charge is 0.161 e. The lowest BCUT2D eigenvalue weighted by Gasteiger charge is -2.18. The van der Waals surface area contributed by atoms with Gasteiger partial charge in [-0.05, 0) is 43.9 Å². The van der Waals surface area contributed by atoms with Gasteiger partial charge >= 0.3 is 0 Å². The topological polar surface area (TPSA) is 35.5 Å². The Morgan fingerprint density at radius 3 is 2.71 bits per heavy atom. The number of hydrogen-bond acceptors (Lipinski definition) is 3. The Kier molecular flexibility index (Phi) is 4.02. The number of carbonyl (C=O) groups is 1. The highest BCUT2D eigenvalue weighted by molar-refractivity contribution is 5.75. The largest absolute Gasteiger partial charge is 0.486 e. The van der Waals surface area contributed by atoms with E-state index >= 15 is 0 Å². The summed E-state index contributed by atoms with van der Waals surface area (Å²) in [5.41, 5.74) is 1.25. The summed E-state index contributed by atoms with van der Waals surface area (Å²) in [6, 6.07) is 6.08. The first-order valence-corrected chi connectivity index (χ1v) is 6.13. The van der Waals surface area contributed by atoms with Gasteiger partial charge in [-0.3, -0.25) is 0 Å². The van der Waals surface area contributed by atoms with Gasteiger partial charge in [0.1, 0.15) is 19.0 Å². The van der Waals surface area contributed by atoms with Crippen molar-refractivity contribution in [1.82, 2.24) is 0 Å². The number of benzene rings is 1. The minimum atomic E-state index is 0.271. The number of hydrogen-bond donors (Lipinski definition) is 0. The van der Waals surface area contributed by atoms with Crippen LogP contribution in [0.25, 0.3) is 0 Å². The van der Waals surface area contributed by atoms with Crippen molar-refractivity contribution < 1.29 is 14.3 Å².